The Morgan fingerprint density at radius 2 is 2.19 bits per heavy atom. The van der Waals surface area contributed by atoms with Crippen LogP contribution < -0.4 is 16.2 Å². The summed E-state index contributed by atoms with van der Waals surface area (Å²) in [6.07, 6.45) is 2.01. The van der Waals surface area contributed by atoms with E-state index in [1.165, 1.54) is 6.07 Å². The van der Waals surface area contributed by atoms with Crippen molar-refractivity contribution in [1.29, 1.82) is 0 Å². The Hall–Kier alpha value is -1.66. The van der Waals surface area contributed by atoms with E-state index in [1.54, 1.807) is 6.07 Å². The number of aromatic nitrogens is 1. The van der Waals surface area contributed by atoms with Crippen LogP contribution in [0, 0.1) is 0 Å². The van der Waals surface area contributed by atoms with Crippen LogP contribution in [0.1, 0.15) is 23.2 Å². The molecule has 3 N–H and O–H groups in total. The quantitative estimate of drug-likeness (QED) is 0.773. The molecule has 0 aliphatic carbocycles. The molecule has 1 aliphatic rings. The number of benzene rings is 1. The number of hydrogen-bond donors (Lipinski definition) is 3. The van der Waals surface area contributed by atoms with E-state index in [0.717, 1.165) is 35.8 Å². The third kappa shape index (κ3) is 3.16. The fourth-order valence-corrected chi connectivity index (χ4v) is 3.01. The summed E-state index contributed by atoms with van der Waals surface area (Å²) in [5.41, 5.74) is 0.815. The number of piperidine rings is 1. The number of carbonyl (C=O) groups is 1. The van der Waals surface area contributed by atoms with Crippen molar-refractivity contribution in [2.75, 3.05) is 13.1 Å². The Kier molecular flexibility index (Phi) is 4.07. The van der Waals surface area contributed by atoms with E-state index in [-0.39, 0.29) is 17.5 Å². The molecule has 1 atom stereocenters. The minimum atomic E-state index is -0.267. The fraction of sp³-hybridized carbons (Fsp3) is 0.333. The van der Waals surface area contributed by atoms with Crippen molar-refractivity contribution in [3.63, 3.8) is 0 Å². The van der Waals surface area contributed by atoms with Crippen LogP contribution in [0.2, 0.25) is 0 Å². The molecule has 2 aromatic rings. The largest absolute Gasteiger partial charge is 0.348 e. The number of amides is 1. The molecular formula is C15H16BrN3O2. The number of fused-ring (bicyclic) bond motifs is 1. The Labute approximate surface area is 130 Å². The zero-order valence-electron chi connectivity index (χ0n) is 11.4. The second-order valence-corrected chi connectivity index (χ2v) is 6.17. The molecule has 21 heavy (non-hydrogen) atoms. The van der Waals surface area contributed by atoms with Crippen LogP contribution in [-0.4, -0.2) is 30.0 Å². The highest BCUT2D eigenvalue weighted by Gasteiger charge is 2.18. The average Bonchev–Trinajstić information content (AvgIpc) is 2.48. The molecule has 0 bridgehead atoms. The summed E-state index contributed by atoms with van der Waals surface area (Å²) in [5, 5.41) is 7.00. The monoisotopic (exact) mass is 349 g/mol. The van der Waals surface area contributed by atoms with Gasteiger partial charge in [0.2, 0.25) is 5.56 Å². The second-order valence-electron chi connectivity index (χ2n) is 5.25. The van der Waals surface area contributed by atoms with E-state index in [9.17, 15) is 9.59 Å². The Balaban J connectivity index is 1.96. The molecule has 0 saturated carbocycles. The van der Waals surface area contributed by atoms with E-state index in [2.05, 4.69) is 31.5 Å². The van der Waals surface area contributed by atoms with E-state index in [1.807, 2.05) is 12.1 Å². The van der Waals surface area contributed by atoms with Crippen LogP contribution in [0.25, 0.3) is 10.9 Å². The van der Waals surface area contributed by atoms with E-state index < -0.39 is 0 Å². The maximum atomic E-state index is 12.5. The van der Waals surface area contributed by atoms with Crippen molar-refractivity contribution in [3.05, 3.63) is 44.7 Å². The first-order valence-corrected chi connectivity index (χ1v) is 7.77. The number of carbonyl (C=O) groups excluding carboxylic acids is 1. The smallest absolute Gasteiger partial charge is 0.252 e. The summed E-state index contributed by atoms with van der Waals surface area (Å²) in [7, 11) is 0. The summed E-state index contributed by atoms with van der Waals surface area (Å²) in [6.45, 7) is 1.77. The zero-order valence-corrected chi connectivity index (χ0v) is 13.0. The fourth-order valence-electron chi connectivity index (χ4n) is 2.65. The normalized spacial score (nSPS) is 18.6. The van der Waals surface area contributed by atoms with Crippen LogP contribution >= 0.6 is 15.9 Å². The first kappa shape index (κ1) is 14.3. The minimum Gasteiger partial charge on any atom is -0.348 e. The second kappa shape index (κ2) is 5.99. The summed E-state index contributed by atoms with van der Waals surface area (Å²) in [6, 6.07) is 6.96. The topological polar surface area (TPSA) is 74.0 Å². The number of aromatic amines is 1. The number of H-pyrrole nitrogens is 1. The lowest BCUT2D eigenvalue weighted by Gasteiger charge is -2.24. The summed E-state index contributed by atoms with van der Waals surface area (Å²) in [4.78, 5) is 27.0. The molecule has 1 unspecified atom stereocenters. The van der Waals surface area contributed by atoms with Gasteiger partial charge < -0.3 is 15.6 Å². The molecule has 3 rings (SSSR count). The van der Waals surface area contributed by atoms with Crippen LogP contribution in [0.4, 0.5) is 0 Å². The standard InChI is InChI=1S/C15H16BrN3O2/c16-9-3-4-13-11(6-9)12(7-14(20)19-13)15(21)18-10-2-1-5-17-8-10/h3-4,6-7,10,17H,1-2,5,8H2,(H,18,21)(H,19,20). The minimum absolute atomic E-state index is 0.118. The number of rotatable bonds is 2. The molecule has 1 amide bonds. The number of nitrogens with one attached hydrogen (secondary N) is 3. The van der Waals surface area contributed by atoms with Crippen molar-refractivity contribution in [3.8, 4) is 0 Å². The third-order valence-electron chi connectivity index (χ3n) is 3.68. The van der Waals surface area contributed by atoms with Gasteiger partial charge >= 0.3 is 0 Å². The maximum Gasteiger partial charge on any atom is 0.252 e. The van der Waals surface area contributed by atoms with Crippen LogP contribution in [0.15, 0.2) is 33.5 Å². The highest BCUT2D eigenvalue weighted by molar-refractivity contribution is 9.10. The predicted octanol–water partition coefficient (Wildman–Crippen LogP) is 1.77. The van der Waals surface area contributed by atoms with E-state index in [4.69, 9.17) is 0 Å². The van der Waals surface area contributed by atoms with Crippen molar-refractivity contribution in [1.82, 2.24) is 15.6 Å². The van der Waals surface area contributed by atoms with Gasteiger partial charge in [-0.2, -0.15) is 0 Å². The van der Waals surface area contributed by atoms with Gasteiger partial charge in [0.25, 0.3) is 5.91 Å². The first-order valence-electron chi connectivity index (χ1n) is 6.97. The molecule has 1 aliphatic heterocycles. The predicted molar refractivity (Wildman–Crippen MR) is 85.6 cm³/mol. The molecule has 6 heteroatoms. The number of hydrogen-bond acceptors (Lipinski definition) is 3. The molecular weight excluding hydrogens is 334 g/mol. The molecule has 1 aromatic carbocycles. The molecule has 0 radical (unpaired) electrons. The Bertz CT molecular complexity index is 735. The summed E-state index contributed by atoms with van der Waals surface area (Å²) < 4.78 is 0.871. The van der Waals surface area contributed by atoms with Crippen molar-refractivity contribution in [2.24, 2.45) is 0 Å². The van der Waals surface area contributed by atoms with Crippen LogP contribution in [0.3, 0.4) is 0 Å². The molecule has 1 fully saturated rings. The Morgan fingerprint density at radius 3 is 2.95 bits per heavy atom. The Morgan fingerprint density at radius 1 is 1.33 bits per heavy atom. The third-order valence-corrected chi connectivity index (χ3v) is 4.18. The zero-order chi connectivity index (χ0) is 14.8. The van der Waals surface area contributed by atoms with Gasteiger partial charge in [0.05, 0.1) is 5.56 Å². The summed E-state index contributed by atoms with van der Waals surface area (Å²) in [5.74, 6) is -0.196. The van der Waals surface area contributed by atoms with Crippen LogP contribution in [0.5, 0.6) is 0 Å². The summed E-state index contributed by atoms with van der Waals surface area (Å²) >= 11 is 3.40. The van der Waals surface area contributed by atoms with Gasteiger partial charge in [-0.15, -0.1) is 0 Å². The van der Waals surface area contributed by atoms with Crippen molar-refractivity contribution >= 4 is 32.7 Å². The average molecular weight is 350 g/mol. The van der Waals surface area contributed by atoms with E-state index in [0.29, 0.717) is 11.1 Å². The van der Waals surface area contributed by atoms with Gasteiger partial charge in [-0.1, -0.05) is 15.9 Å². The number of halogens is 1. The van der Waals surface area contributed by atoms with Gasteiger partial charge in [-0.25, -0.2) is 0 Å². The van der Waals surface area contributed by atoms with Gasteiger partial charge in [-0.05, 0) is 37.6 Å². The first-order chi connectivity index (χ1) is 10.1. The molecule has 2 heterocycles. The van der Waals surface area contributed by atoms with Gasteiger partial charge in [0, 0.05) is 34.0 Å². The lowest BCUT2D eigenvalue weighted by atomic mass is 10.1. The van der Waals surface area contributed by atoms with Crippen molar-refractivity contribution in [2.45, 2.75) is 18.9 Å². The van der Waals surface area contributed by atoms with Gasteiger partial charge in [0.15, 0.2) is 0 Å². The number of pyridine rings is 1. The molecule has 1 aromatic heterocycles. The SMILES string of the molecule is O=C(NC1CCCNC1)c1cc(=O)[nH]c2ccc(Br)cc12. The molecule has 5 nitrogen and oxygen atoms in total. The van der Waals surface area contributed by atoms with Crippen LogP contribution in [-0.2, 0) is 0 Å². The highest BCUT2D eigenvalue weighted by Crippen LogP contribution is 2.20. The molecule has 0 spiro atoms. The highest BCUT2D eigenvalue weighted by atomic mass is 79.9. The lowest BCUT2D eigenvalue weighted by molar-refractivity contribution is 0.0932. The lowest BCUT2D eigenvalue weighted by Crippen LogP contribution is -2.45. The maximum absolute atomic E-state index is 12.5. The van der Waals surface area contributed by atoms with E-state index >= 15 is 0 Å². The van der Waals surface area contributed by atoms with Gasteiger partial charge in [-0.3, -0.25) is 9.59 Å². The molecule has 1 saturated heterocycles. The van der Waals surface area contributed by atoms with Gasteiger partial charge in [0.1, 0.15) is 0 Å². The molecule has 110 valence electrons. The van der Waals surface area contributed by atoms with Crippen molar-refractivity contribution < 1.29 is 4.79 Å².